The van der Waals surface area contributed by atoms with Gasteiger partial charge >= 0.3 is 0 Å². The molecule has 1 aliphatic heterocycles. The summed E-state index contributed by atoms with van der Waals surface area (Å²) < 4.78 is 19.1. The molecule has 0 aliphatic carbocycles. The maximum atomic E-state index is 13.4. The van der Waals surface area contributed by atoms with Crippen LogP contribution >= 0.6 is 0 Å². The second-order valence-electron chi connectivity index (χ2n) is 5.35. The quantitative estimate of drug-likeness (QED) is 0.914. The number of ether oxygens (including phenoxy) is 1. The molecule has 4 heteroatoms. The standard InChI is InChI=1S/C15H23FN2O/c1-4-13-9-19-10(2)8-18(13)15-6-5-12(16)7-14(15)11(3)17/h5-7,10-11,13H,4,8-9,17H2,1-3H3/t10?,11-,13?/m1/s1. The van der Waals surface area contributed by atoms with E-state index in [4.69, 9.17) is 10.5 Å². The van der Waals surface area contributed by atoms with Gasteiger partial charge in [0.15, 0.2) is 0 Å². The van der Waals surface area contributed by atoms with E-state index in [-0.39, 0.29) is 18.0 Å². The highest BCUT2D eigenvalue weighted by Gasteiger charge is 2.27. The lowest BCUT2D eigenvalue weighted by Gasteiger charge is -2.41. The summed E-state index contributed by atoms with van der Waals surface area (Å²) in [5.41, 5.74) is 7.90. The van der Waals surface area contributed by atoms with Crippen molar-refractivity contribution in [3.63, 3.8) is 0 Å². The van der Waals surface area contributed by atoms with Gasteiger partial charge in [-0.05, 0) is 44.0 Å². The molecule has 1 heterocycles. The van der Waals surface area contributed by atoms with Crippen LogP contribution in [0.2, 0.25) is 0 Å². The third-order valence-corrected chi connectivity index (χ3v) is 3.73. The van der Waals surface area contributed by atoms with Crippen molar-refractivity contribution in [3.8, 4) is 0 Å². The van der Waals surface area contributed by atoms with Gasteiger partial charge < -0.3 is 15.4 Å². The summed E-state index contributed by atoms with van der Waals surface area (Å²) in [7, 11) is 0. The molecule has 19 heavy (non-hydrogen) atoms. The molecule has 2 unspecified atom stereocenters. The lowest BCUT2D eigenvalue weighted by Crippen LogP contribution is -2.49. The van der Waals surface area contributed by atoms with Crippen molar-refractivity contribution >= 4 is 5.69 Å². The topological polar surface area (TPSA) is 38.5 Å². The van der Waals surface area contributed by atoms with Gasteiger partial charge in [-0.25, -0.2) is 4.39 Å². The van der Waals surface area contributed by atoms with E-state index < -0.39 is 0 Å². The van der Waals surface area contributed by atoms with Crippen molar-refractivity contribution in [2.24, 2.45) is 5.73 Å². The lowest BCUT2D eigenvalue weighted by molar-refractivity contribution is 0.0299. The minimum atomic E-state index is -0.231. The molecule has 0 amide bonds. The predicted molar refractivity (Wildman–Crippen MR) is 75.8 cm³/mol. The van der Waals surface area contributed by atoms with Crippen LogP contribution in [0.15, 0.2) is 18.2 Å². The zero-order valence-corrected chi connectivity index (χ0v) is 11.9. The Kier molecular flexibility index (Phi) is 4.42. The number of morpholine rings is 1. The Bertz CT molecular complexity index is 436. The molecule has 1 aliphatic rings. The molecule has 2 N–H and O–H groups in total. The van der Waals surface area contributed by atoms with Crippen LogP contribution in [0.4, 0.5) is 10.1 Å². The van der Waals surface area contributed by atoms with Crippen LogP contribution in [-0.4, -0.2) is 25.3 Å². The van der Waals surface area contributed by atoms with E-state index in [9.17, 15) is 4.39 Å². The zero-order valence-electron chi connectivity index (χ0n) is 11.9. The number of nitrogens with two attached hydrogens (primary N) is 1. The molecule has 2 rings (SSSR count). The summed E-state index contributed by atoms with van der Waals surface area (Å²) >= 11 is 0. The maximum absolute atomic E-state index is 13.4. The summed E-state index contributed by atoms with van der Waals surface area (Å²) in [6, 6.07) is 5.05. The maximum Gasteiger partial charge on any atom is 0.123 e. The molecule has 0 radical (unpaired) electrons. The first-order chi connectivity index (χ1) is 9.02. The molecule has 0 aromatic heterocycles. The summed E-state index contributed by atoms with van der Waals surface area (Å²) in [5, 5.41) is 0. The summed E-state index contributed by atoms with van der Waals surface area (Å²) in [6.07, 6.45) is 1.19. The molecule has 1 saturated heterocycles. The van der Waals surface area contributed by atoms with Gasteiger partial charge in [0, 0.05) is 18.3 Å². The normalized spacial score (nSPS) is 25.4. The predicted octanol–water partition coefficient (Wildman–Crippen LogP) is 2.85. The fraction of sp³-hybridized carbons (Fsp3) is 0.600. The Hall–Kier alpha value is -1.13. The van der Waals surface area contributed by atoms with Crippen molar-refractivity contribution in [1.29, 1.82) is 0 Å². The van der Waals surface area contributed by atoms with Crippen LogP contribution in [0.1, 0.15) is 38.8 Å². The van der Waals surface area contributed by atoms with E-state index in [1.165, 1.54) is 6.07 Å². The molecule has 1 fully saturated rings. The third kappa shape index (κ3) is 3.07. The molecule has 0 bridgehead atoms. The monoisotopic (exact) mass is 266 g/mol. The first-order valence-electron chi connectivity index (χ1n) is 6.96. The van der Waals surface area contributed by atoms with Gasteiger partial charge in [-0.15, -0.1) is 0 Å². The van der Waals surface area contributed by atoms with Crippen LogP contribution in [0.25, 0.3) is 0 Å². The number of anilines is 1. The highest BCUT2D eigenvalue weighted by atomic mass is 19.1. The summed E-state index contributed by atoms with van der Waals surface area (Å²) in [5.74, 6) is -0.231. The number of rotatable bonds is 3. The molecule has 1 aromatic carbocycles. The molecular weight excluding hydrogens is 243 g/mol. The molecule has 0 spiro atoms. The molecule has 3 atom stereocenters. The Labute approximate surface area is 114 Å². The second kappa shape index (κ2) is 5.88. The number of halogens is 1. The highest BCUT2D eigenvalue weighted by Crippen LogP contribution is 2.30. The Morgan fingerprint density at radius 1 is 1.53 bits per heavy atom. The molecular formula is C15H23FN2O. The van der Waals surface area contributed by atoms with E-state index in [1.807, 2.05) is 13.0 Å². The third-order valence-electron chi connectivity index (χ3n) is 3.73. The van der Waals surface area contributed by atoms with E-state index in [0.717, 1.165) is 24.2 Å². The largest absolute Gasteiger partial charge is 0.375 e. The fourth-order valence-electron chi connectivity index (χ4n) is 2.63. The smallest absolute Gasteiger partial charge is 0.123 e. The van der Waals surface area contributed by atoms with Crippen molar-refractivity contribution in [1.82, 2.24) is 0 Å². The van der Waals surface area contributed by atoms with Crippen molar-refractivity contribution in [3.05, 3.63) is 29.6 Å². The van der Waals surface area contributed by atoms with Gasteiger partial charge in [0.2, 0.25) is 0 Å². The van der Waals surface area contributed by atoms with E-state index in [2.05, 4.69) is 18.7 Å². The van der Waals surface area contributed by atoms with Gasteiger partial charge in [-0.1, -0.05) is 6.92 Å². The first-order valence-corrected chi connectivity index (χ1v) is 6.96. The molecule has 3 nitrogen and oxygen atoms in total. The van der Waals surface area contributed by atoms with E-state index in [1.54, 1.807) is 6.07 Å². The van der Waals surface area contributed by atoms with Crippen LogP contribution in [0.5, 0.6) is 0 Å². The van der Waals surface area contributed by atoms with Crippen LogP contribution in [0, 0.1) is 5.82 Å². The van der Waals surface area contributed by atoms with Gasteiger partial charge in [0.1, 0.15) is 5.82 Å². The number of nitrogens with zero attached hydrogens (tertiary/aromatic N) is 1. The van der Waals surface area contributed by atoms with Gasteiger partial charge in [-0.3, -0.25) is 0 Å². The molecule has 1 aromatic rings. The molecule has 106 valence electrons. The summed E-state index contributed by atoms with van der Waals surface area (Å²) in [6.45, 7) is 7.64. The minimum Gasteiger partial charge on any atom is -0.375 e. The first kappa shape index (κ1) is 14.3. The van der Waals surface area contributed by atoms with Crippen molar-refractivity contribution in [2.75, 3.05) is 18.1 Å². The average Bonchev–Trinajstić information content (AvgIpc) is 2.38. The minimum absolute atomic E-state index is 0.179. The average molecular weight is 266 g/mol. The van der Waals surface area contributed by atoms with Crippen molar-refractivity contribution in [2.45, 2.75) is 45.4 Å². The summed E-state index contributed by atoms with van der Waals surface area (Å²) in [4.78, 5) is 2.31. The lowest BCUT2D eigenvalue weighted by atomic mass is 10.0. The van der Waals surface area contributed by atoms with Crippen LogP contribution in [-0.2, 0) is 4.74 Å². The Morgan fingerprint density at radius 3 is 2.89 bits per heavy atom. The number of hydrogen-bond donors (Lipinski definition) is 1. The SMILES string of the molecule is CCC1COC(C)CN1c1ccc(F)cc1[C@@H](C)N. The van der Waals surface area contributed by atoms with Crippen LogP contribution < -0.4 is 10.6 Å². The number of benzene rings is 1. The zero-order chi connectivity index (χ0) is 14.0. The number of hydrogen-bond acceptors (Lipinski definition) is 3. The fourth-order valence-corrected chi connectivity index (χ4v) is 2.63. The highest BCUT2D eigenvalue weighted by molar-refractivity contribution is 5.56. The van der Waals surface area contributed by atoms with Gasteiger partial charge in [0.05, 0.1) is 18.8 Å². The Morgan fingerprint density at radius 2 is 2.26 bits per heavy atom. The van der Waals surface area contributed by atoms with E-state index >= 15 is 0 Å². The van der Waals surface area contributed by atoms with Gasteiger partial charge in [-0.2, -0.15) is 0 Å². The van der Waals surface area contributed by atoms with Crippen LogP contribution in [0.3, 0.4) is 0 Å². The Balaban J connectivity index is 2.38. The second-order valence-corrected chi connectivity index (χ2v) is 5.35. The van der Waals surface area contributed by atoms with Gasteiger partial charge in [0.25, 0.3) is 0 Å². The molecule has 0 saturated carbocycles. The van der Waals surface area contributed by atoms with E-state index in [0.29, 0.717) is 12.6 Å². The van der Waals surface area contributed by atoms with Crippen molar-refractivity contribution < 1.29 is 9.13 Å².